The molecule has 0 aromatic heterocycles. The van der Waals surface area contributed by atoms with Crippen LogP contribution in [0, 0.1) is 0 Å². The molecular formula is C12H13BrN2O5. The van der Waals surface area contributed by atoms with E-state index in [4.69, 9.17) is 10.2 Å². The summed E-state index contributed by atoms with van der Waals surface area (Å²) in [6.45, 7) is -1.10. The number of halogens is 1. The van der Waals surface area contributed by atoms with Crippen molar-refractivity contribution in [2.75, 3.05) is 13.2 Å². The third-order valence-corrected chi connectivity index (χ3v) is 2.81. The van der Waals surface area contributed by atoms with E-state index in [0.717, 1.165) is 4.47 Å². The molecule has 1 aromatic rings. The van der Waals surface area contributed by atoms with E-state index < -0.39 is 30.4 Å². The van der Waals surface area contributed by atoms with Gasteiger partial charge in [-0.15, -0.1) is 0 Å². The molecule has 0 saturated carbocycles. The molecular weight excluding hydrogens is 332 g/mol. The summed E-state index contributed by atoms with van der Waals surface area (Å²) in [7, 11) is 0. The summed E-state index contributed by atoms with van der Waals surface area (Å²) in [5, 5.41) is 21.8. The predicted octanol–water partition coefficient (Wildman–Crippen LogP) is -0.259. The maximum atomic E-state index is 11.7. The van der Waals surface area contributed by atoms with Gasteiger partial charge >= 0.3 is 5.97 Å². The van der Waals surface area contributed by atoms with Gasteiger partial charge in [0.2, 0.25) is 5.91 Å². The molecule has 0 aliphatic heterocycles. The van der Waals surface area contributed by atoms with Gasteiger partial charge in [0.05, 0.1) is 13.2 Å². The van der Waals surface area contributed by atoms with Crippen molar-refractivity contribution in [1.29, 1.82) is 0 Å². The van der Waals surface area contributed by atoms with E-state index in [9.17, 15) is 14.4 Å². The molecule has 1 atom stereocenters. The molecule has 0 spiro atoms. The molecule has 0 unspecified atom stereocenters. The number of nitrogens with one attached hydrogen (secondary N) is 2. The van der Waals surface area contributed by atoms with Gasteiger partial charge in [-0.3, -0.25) is 9.59 Å². The summed E-state index contributed by atoms with van der Waals surface area (Å²) < 4.78 is 0.723. The van der Waals surface area contributed by atoms with E-state index in [1.165, 1.54) is 0 Å². The fraction of sp³-hybridized carbons (Fsp3) is 0.250. The molecule has 2 amide bonds. The van der Waals surface area contributed by atoms with Crippen molar-refractivity contribution >= 4 is 33.7 Å². The van der Waals surface area contributed by atoms with Crippen molar-refractivity contribution < 1.29 is 24.6 Å². The van der Waals surface area contributed by atoms with Crippen molar-refractivity contribution in [3.63, 3.8) is 0 Å². The Morgan fingerprint density at radius 1 is 1.30 bits per heavy atom. The fourth-order valence-corrected chi connectivity index (χ4v) is 1.72. The molecule has 20 heavy (non-hydrogen) atoms. The highest BCUT2D eigenvalue weighted by molar-refractivity contribution is 9.10. The Labute approximate surface area is 123 Å². The molecule has 7 nitrogen and oxygen atoms in total. The molecule has 0 saturated heterocycles. The van der Waals surface area contributed by atoms with Crippen LogP contribution in [0.4, 0.5) is 0 Å². The normalized spacial score (nSPS) is 11.5. The Bertz CT molecular complexity index is 520. The lowest BCUT2D eigenvalue weighted by molar-refractivity contribution is -0.142. The number of aliphatic hydroxyl groups excluding tert-OH is 1. The highest BCUT2D eigenvalue weighted by atomic mass is 79.9. The quantitative estimate of drug-likeness (QED) is 0.567. The Morgan fingerprint density at radius 3 is 2.55 bits per heavy atom. The van der Waals surface area contributed by atoms with Crippen LogP contribution in [-0.2, 0) is 9.59 Å². The number of carboxylic acids is 1. The first-order valence-electron chi connectivity index (χ1n) is 5.61. The first kappa shape index (κ1) is 16.1. The number of hydrogen-bond acceptors (Lipinski definition) is 4. The van der Waals surface area contributed by atoms with Gasteiger partial charge in [0.1, 0.15) is 6.04 Å². The van der Waals surface area contributed by atoms with E-state index in [2.05, 4.69) is 26.6 Å². The topological polar surface area (TPSA) is 116 Å². The van der Waals surface area contributed by atoms with E-state index in [1.54, 1.807) is 24.3 Å². The average molecular weight is 345 g/mol. The van der Waals surface area contributed by atoms with Crippen LogP contribution in [0.5, 0.6) is 0 Å². The Hall–Kier alpha value is -1.93. The lowest BCUT2D eigenvalue weighted by atomic mass is 10.2. The number of carboxylic acid groups (broad SMARTS) is 1. The van der Waals surface area contributed by atoms with E-state index >= 15 is 0 Å². The van der Waals surface area contributed by atoms with Gasteiger partial charge < -0.3 is 20.8 Å². The smallest absolute Gasteiger partial charge is 0.328 e. The SMILES string of the molecule is O=C(CNC(=O)c1cccc(Br)c1)N[C@H](CO)C(=O)O. The minimum absolute atomic E-state index is 0.365. The first-order chi connectivity index (χ1) is 9.43. The largest absolute Gasteiger partial charge is 0.480 e. The Morgan fingerprint density at radius 2 is 2.00 bits per heavy atom. The Kier molecular flexibility index (Phi) is 6.13. The second-order valence-electron chi connectivity index (χ2n) is 3.83. The van der Waals surface area contributed by atoms with Crippen molar-refractivity contribution in [3.8, 4) is 0 Å². The number of amides is 2. The standard InChI is InChI=1S/C12H13BrN2O5/c13-8-3-1-2-7(4-8)11(18)14-5-10(17)15-9(6-16)12(19)20/h1-4,9,16H,5-6H2,(H,14,18)(H,15,17)(H,19,20)/t9-/m1/s1. The van der Waals surface area contributed by atoms with E-state index in [1.807, 2.05) is 0 Å². The lowest BCUT2D eigenvalue weighted by Gasteiger charge is -2.12. The maximum Gasteiger partial charge on any atom is 0.328 e. The number of carbonyl (C=O) groups excluding carboxylic acids is 2. The molecule has 4 N–H and O–H groups in total. The van der Waals surface area contributed by atoms with Crippen LogP contribution in [0.25, 0.3) is 0 Å². The highest BCUT2D eigenvalue weighted by Gasteiger charge is 2.18. The minimum atomic E-state index is -1.38. The van der Waals surface area contributed by atoms with Gasteiger partial charge in [0.15, 0.2) is 0 Å². The molecule has 0 heterocycles. The van der Waals surface area contributed by atoms with Crippen LogP contribution in [0.15, 0.2) is 28.7 Å². The minimum Gasteiger partial charge on any atom is -0.480 e. The molecule has 0 radical (unpaired) electrons. The van der Waals surface area contributed by atoms with E-state index in [0.29, 0.717) is 5.56 Å². The monoisotopic (exact) mass is 344 g/mol. The van der Waals surface area contributed by atoms with Gasteiger partial charge in [-0.05, 0) is 18.2 Å². The maximum absolute atomic E-state index is 11.7. The number of hydrogen-bond donors (Lipinski definition) is 4. The van der Waals surface area contributed by atoms with Crippen molar-refractivity contribution in [3.05, 3.63) is 34.3 Å². The van der Waals surface area contributed by atoms with Crippen LogP contribution in [0.1, 0.15) is 10.4 Å². The molecule has 8 heteroatoms. The van der Waals surface area contributed by atoms with Gasteiger partial charge in [0, 0.05) is 10.0 Å². The van der Waals surface area contributed by atoms with Crippen LogP contribution >= 0.6 is 15.9 Å². The molecule has 0 aliphatic carbocycles. The number of aliphatic hydroxyl groups is 1. The third kappa shape index (κ3) is 4.98. The lowest BCUT2D eigenvalue weighted by Crippen LogP contribution is -2.47. The molecule has 108 valence electrons. The average Bonchev–Trinajstić information content (AvgIpc) is 2.41. The summed E-state index contributed by atoms with van der Waals surface area (Å²) in [4.78, 5) is 33.7. The highest BCUT2D eigenvalue weighted by Crippen LogP contribution is 2.11. The van der Waals surface area contributed by atoms with E-state index in [-0.39, 0.29) is 6.54 Å². The summed E-state index contributed by atoms with van der Waals surface area (Å²) in [5.41, 5.74) is 0.365. The summed E-state index contributed by atoms with van der Waals surface area (Å²) >= 11 is 3.22. The number of rotatable bonds is 6. The zero-order valence-corrected chi connectivity index (χ0v) is 11.9. The van der Waals surface area contributed by atoms with Crippen molar-refractivity contribution in [2.45, 2.75) is 6.04 Å². The zero-order chi connectivity index (χ0) is 15.1. The number of carbonyl (C=O) groups is 3. The molecule has 0 fully saturated rings. The second kappa shape index (κ2) is 7.61. The van der Waals surface area contributed by atoms with Crippen LogP contribution < -0.4 is 10.6 Å². The molecule has 1 aromatic carbocycles. The second-order valence-corrected chi connectivity index (χ2v) is 4.75. The van der Waals surface area contributed by atoms with Crippen LogP contribution in [-0.4, -0.2) is 47.2 Å². The molecule has 0 aliphatic rings. The van der Waals surface area contributed by atoms with Crippen LogP contribution in [0.3, 0.4) is 0 Å². The van der Waals surface area contributed by atoms with Crippen molar-refractivity contribution in [1.82, 2.24) is 10.6 Å². The Balaban J connectivity index is 2.49. The summed E-state index contributed by atoms with van der Waals surface area (Å²) in [6.07, 6.45) is 0. The first-order valence-corrected chi connectivity index (χ1v) is 6.40. The fourth-order valence-electron chi connectivity index (χ4n) is 1.32. The van der Waals surface area contributed by atoms with Crippen LogP contribution in [0.2, 0.25) is 0 Å². The number of aliphatic carboxylic acids is 1. The van der Waals surface area contributed by atoms with Gasteiger partial charge in [-0.1, -0.05) is 22.0 Å². The molecule has 0 bridgehead atoms. The predicted molar refractivity (Wildman–Crippen MR) is 73.1 cm³/mol. The number of benzene rings is 1. The third-order valence-electron chi connectivity index (χ3n) is 2.31. The summed E-state index contributed by atoms with van der Waals surface area (Å²) in [5.74, 6) is -2.51. The molecule has 1 rings (SSSR count). The van der Waals surface area contributed by atoms with Gasteiger partial charge in [-0.25, -0.2) is 4.79 Å². The summed E-state index contributed by atoms with van der Waals surface area (Å²) in [6, 6.07) is 5.20. The van der Waals surface area contributed by atoms with Crippen molar-refractivity contribution in [2.24, 2.45) is 0 Å². The van der Waals surface area contributed by atoms with Gasteiger partial charge in [-0.2, -0.15) is 0 Å². The zero-order valence-electron chi connectivity index (χ0n) is 10.3. The van der Waals surface area contributed by atoms with Gasteiger partial charge in [0.25, 0.3) is 5.91 Å².